The Hall–Kier alpha value is -3.07. The van der Waals surface area contributed by atoms with Crippen LogP contribution in [0.5, 0.6) is 11.5 Å². The Morgan fingerprint density at radius 1 is 0.821 bits per heavy atom. The Morgan fingerprint density at radius 2 is 1.43 bits per heavy atom. The molecule has 0 aromatic heterocycles. The number of ketones is 1. The molecule has 0 saturated heterocycles. The lowest BCUT2D eigenvalue weighted by molar-refractivity contribution is 0.104. The average Bonchev–Trinajstić information content (AvgIpc) is 2.67. The number of carbonyl (C=O) groups is 1. The van der Waals surface area contributed by atoms with Crippen molar-refractivity contribution >= 4 is 11.9 Å². The SMILES string of the molecule is CC(C)=CCOc1ccc(C(=O)C=Cc2ccccc2OCC=C(C)C)cc1. The second-order valence-electron chi connectivity index (χ2n) is 6.94. The first-order valence-corrected chi connectivity index (χ1v) is 9.39. The molecule has 0 saturated carbocycles. The molecular formula is C25H28O3. The summed E-state index contributed by atoms with van der Waals surface area (Å²) in [5.74, 6) is 1.44. The lowest BCUT2D eigenvalue weighted by Crippen LogP contribution is -1.98. The predicted octanol–water partition coefficient (Wildman–Crippen LogP) is 6.27. The first-order valence-electron chi connectivity index (χ1n) is 9.39. The highest BCUT2D eigenvalue weighted by molar-refractivity contribution is 6.07. The van der Waals surface area contributed by atoms with Gasteiger partial charge >= 0.3 is 0 Å². The number of rotatable bonds is 9. The van der Waals surface area contributed by atoms with E-state index in [4.69, 9.17) is 9.47 Å². The fourth-order valence-corrected chi connectivity index (χ4v) is 2.33. The summed E-state index contributed by atoms with van der Waals surface area (Å²) in [4.78, 5) is 12.5. The Bertz CT molecular complexity index is 863. The van der Waals surface area contributed by atoms with Crippen LogP contribution in [0.3, 0.4) is 0 Å². The molecule has 3 heteroatoms. The van der Waals surface area contributed by atoms with E-state index in [1.165, 1.54) is 11.1 Å². The second-order valence-corrected chi connectivity index (χ2v) is 6.94. The summed E-state index contributed by atoms with van der Waals surface area (Å²) in [6, 6.07) is 14.9. The van der Waals surface area contributed by atoms with E-state index in [0.29, 0.717) is 18.8 Å². The Labute approximate surface area is 168 Å². The second kappa shape index (κ2) is 10.9. The fourth-order valence-electron chi connectivity index (χ4n) is 2.33. The molecular weight excluding hydrogens is 348 g/mol. The van der Waals surface area contributed by atoms with Gasteiger partial charge in [0.25, 0.3) is 0 Å². The highest BCUT2D eigenvalue weighted by Gasteiger charge is 2.04. The van der Waals surface area contributed by atoms with Crippen molar-refractivity contribution < 1.29 is 14.3 Å². The topological polar surface area (TPSA) is 35.5 Å². The summed E-state index contributed by atoms with van der Waals surface area (Å²) in [5, 5.41) is 0. The van der Waals surface area contributed by atoms with Crippen molar-refractivity contribution in [3.05, 3.63) is 89.0 Å². The highest BCUT2D eigenvalue weighted by Crippen LogP contribution is 2.20. The van der Waals surface area contributed by atoms with E-state index in [0.717, 1.165) is 17.1 Å². The van der Waals surface area contributed by atoms with Crippen molar-refractivity contribution in [3.63, 3.8) is 0 Å². The molecule has 2 rings (SSSR count). The zero-order chi connectivity index (χ0) is 20.4. The molecule has 0 atom stereocenters. The largest absolute Gasteiger partial charge is 0.490 e. The number of ether oxygens (including phenoxy) is 2. The molecule has 28 heavy (non-hydrogen) atoms. The summed E-state index contributed by atoms with van der Waals surface area (Å²) < 4.78 is 11.4. The normalized spacial score (nSPS) is 10.4. The van der Waals surface area contributed by atoms with E-state index in [1.54, 1.807) is 24.3 Å². The van der Waals surface area contributed by atoms with Crippen molar-refractivity contribution in [1.29, 1.82) is 0 Å². The van der Waals surface area contributed by atoms with Crippen LogP contribution < -0.4 is 9.47 Å². The first kappa shape index (κ1) is 21.2. The molecule has 3 nitrogen and oxygen atoms in total. The molecule has 0 aliphatic rings. The van der Waals surface area contributed by atoms with Crippen LogP contribution in [-0.4, -0.2) is 19.0 Å². The van der Waals surface area contributed by atoms with Crippen LogP contribution in [0.2, 0.25) is 0 Å². The maximum Gasteiger partial charge on any atom is 0.185 e. The Kier molecular flexibility index (Phi) is 8.29. The summed E-state index contributed by atoms with van der Waals surface area (Å²) >= 11 is 0. The molecule has 0 bridgehead atoms. The van der Waals surface area contributed by atoms with Gasteiger partial charge < -0.3 is 9.47 Å². The minimum Gasteiger partial charge on any atom is -0.490 e. The Morgan fingerprint density at radius 3 is 2.07 bits per heavy atom. The van der Waals surface area contributed by atoms with Gasteiger partial charge in [-0.15, -0.1) is 0 Å². The number of para-hydroxylation sites is 1. The monoisotopic (exact) mass is 376 g/mol. The molecule has 2 aromatic rings. The first-order chi connectivity index (χ1) is 13.5. The molecule has 0 N–H and O–H groups in total. The fraction of sp³-hybridized carbons (Fsp3) is 0.240. The molecule has 0 heterocycles. The van der Waals surface area contributed by atoms with Gasteiger partial charge in [0.05, 0.1) is 0 Å². The minimum absolute atomic E-state index is 0.0602. The molecule has 146 valence electrons. The van der Waals surface area contributed by atoms with Crippen molar-refractivity contribution in [2.24, 2.45) is 0 Å². The van der Waals surface area contributed by atoms with Crippen LogP contribution in [0.25, 0.3) is 6.08 Å². The number of allylic oxidation sites excluding steroid dienone is 3. The van der Waals surface area contributed by atoms with Crippen LogP contribution in [0.4, 0.5) is 0 Å². The van der Waals surface area contributed by atoms with Crippen molar-refractivity contribution in [3.8, 4) is 11.5 Å². The summed E-state index contributed by atoms with van der Waals surface area (Å²) in [6.07, 6.45) is 7.40. The lowest BCUT2D eigenvalue weighted by Gasteiger charge is -2.07. The van der Waals surface area contributed by atoms with Crippen LogP contribution >= 0.6 is 0 Å². The van der Waals surface area contributed by atoms with Gasteiger partial charge in [0.2, 0.25) is 0 Å². The van der Waals surface area contributed by atoms with Gasteiger partial charge in [-0.25, -0.2) is 0 Å². The van der Waals surface area contributed by atoms with Crippen molar-refractivity contribution in [1.82, 2.24) is 0 Å². The number of benzene rings is 2. The number of hydrogen-bond donors (Lipinski definition) is 0. The van der Waals surface area contributed by atoms with Crippen molar-refractivity contribution in [2.75, 3.05) is 13.2 Å². The molecule has 0 amide bonds. The minimum atomic E-state index is -0.0602. The summed E-state index contributed by atoms with van der Waals surface area (Å²) in [7, 11) is 0. The summed E-state index contributed by atoms with van der Waals surface area (Å²) in [5.41, 5.74) is 3.91. The third-order valence-corrected chi connectivity index (χ3v) is 3.94. The van der Waals surface area contributed by atoms with Gasteiger partial charge in [-0.2, -0.15) is 0 Å². The zero-order valence-corrected chi connectivity index (χ0v) is 17.1. The molecule has 2 aromatic carbocycles. The third kappa shape index (κ3) is 7.28. The Balaban J connectivity index is 2.01. The molecule has 0 aliphatic heterocycles. The van der Waals surface area contributed by atoms with Gasteiger partial charge in [0.15, 0.2) is 5.78 Å². The van der Waals surface area contributed by atoms with Gasteiger partial charge in [0.1, 0.15) is 24.7 Å². The highest BCUT2D eigenvalue weighted by atomic mass is 16.5. The van der Waals surface area contributed by atoms with Gasteiger partial charge in [-0.1, -0.05) is 29.3 Å². The molecule has 0 unspecified atom stereocenters. The zero-order valence-electron chi connectivity index (χ0n) is 17.1. The van der Waals surface area contributed by atoms with Crippen LogP contribution in [0.15, 0.2) is 77.9 Å². The lowest BCUT2D eigenvalue weighted by atomic mass is 10.1. The van der Waals surface area contributed by atoms with Gasteiger partial charge in [0, 0.05) is 11.1 Å². The van der Waals surface area contributed by atoms with Crippen LogP contribution in [-0.2, 0) is 0 Å². The van der Waals surface area contributed by atoms with Gasteiger partial charge in [-0.3, -0.25) is 4.79 Å². The van der Waals surface area contributed by atoms with E-state index >= 15 is 0 Å². The quantitative estimate of drug-likeness (QED) is 0.294. The molecule has 0 spiro atoms. The van der Waals surface area contributed by atoms with E-state index < -0.39 is 0 Å². The molecule has 0 aliphatic carbocycles. The van der Waals surface area contributed by atoms with Gasteiger partial charge in [-0.05, 0) is 82.3 Å². The standard InChI is InChI=1S/C25H28O3/c1-19(2)15-17-27-23-12-9-21(10-13-23)24(26)14-11-22-7-5-6-8-25(22)28-18-16-20(3)4/h5-16H,17-18H2,1-4H3. The van der Waals surface area contributed by atoms with Crippen LogP contribution in [0, 0.1) is 0 Å². The van der Waals surface area contributed by atoms with E-state index in [2.05, 4.69) is 0 Å². The van der Waals surface area contributed by atoms with Crippen LogP contribution in [0.1, 0.15) is 43.6 Å². The predicted molar refractivity (Wildman–Crippen MR) is 116 cm³/mol. The summed E-state index contributed by atoms with van der Waals surface area (Å²) in [6.45, 7) is 9.16. The number of hydrogen-bond acceptors (Lipinski definition) is 3. The van der Waals surface area contributed by atoms with E-state index in [1.807, 2.05) is 76.2 Å². The maximum absolute atomic E-state index is 12.5. The molecule has 0 radical (unpaired) electrons. The van der Waals surface area contributed by atoms with Crippen molar-refractivity contribution in [2.45, 2.75) is 27.7 Å². The number of carbonyl (C=O) groups excluding carboxylic acids is 1. The van der Waals surface area contributed by atoms with E-state index in [9.17, 15) is 4.79 Å². The molecule has 0 fully saturated rings. The smallest absolute Gasteiger partial charge is 0.185 e. The average molecular weight is 376 g/mol. The maximum atomic E-state index is 12.5. The third-order valence-electron chi connectivity index (χ3n) is 3.94. The van der Waals surface area contributed by atoms with E-state index in [-0.39, 0.29) is 5.78 Å².